The largest absolute Gasteiger partial charge is 0.396 e. The average Bonchev–Trinajstić information content (AvgIpc) is 2.80. The quantitative estimate of drug-likeness (QED) is 0.650. The van der Waals surface area contributed by atoms with Crippen molar-refractivity contribution in [2.75, 3.05) is 5.73 Å². The first-order valence-corrected chi connectivity index (χ1v) is 5.24. The van der Waals surface area contributed by atoms with E-state index in [9.17, 15) is 9.18 Å². The fourth-order valence-electron chi connectivity index (χ4n) is 1.54. The zero-order valence-electron chi connectivity index (χ0n) is 9.35. The predicted molar refractivity (Wildman–Crippen MR) is 62.1 cm³/mol. The number of para-hydroxylation sites is 1. The minimum absolute atomic E-state index is 0.123. The molecule has 1 aromatic carbocycles. The normalized spacial score (nSPS) is 10.5. The fraction of sp³-hybridized carbons (Fsp3) is 0.167. The van der Waals surface area contributed by atoms with Crippen molar-refractivity contribution in [1.82, 2.24) is 9.78 Å². The molecule has 1 aromatic heterocycles. The number of carbonyl (C=O) groups excluding carboxylic acids is 1. The van der Waals surface area contributed by atoms with Crippen LogP contribution >= 0.6 is 0 Å². The molecule has 0 saturated carbocycles. The number of nitrogens with zero attached hydrogens (tertiary/aromatic N) is 2. The molecule has 0 unspecified atom stereocenters. The maximum Gasteiger partial charge on any atom is 0.198 e. The number of hydrogen-bond acceptors (Lipinski definition) is 3. The number of nitrogens with two attached hydrogens (primary N) is 1. The van der Waals surface area contributed by atoms with E-state index in [0.29, 0.717) is 12.1 Å². The number of nitrogen functional groups attached to an aromatic ring is 1. The maximum absolute atomic E-state index is 13.2. The van der Waals surface area contributed by atoms with Crippen molar-refractivity contribution < 1.29 is 9.18 Å². The number of ketones is 1. The molecule has 0 aliphatic heterocycles. The summed E-state index contributed by atoms with van der Waals surface area (Å²) in [5.41, 5.74) is 5.99. The van der Waals surface area contributed by atoms with E-state index in [1.54, 1.807) is 10.9 Å². The number of rotatable bonds is 3. The molecular formula is C12H12FN3O. The second-order valence-electron chi connectivity index (χ2n) is 3.61. The van der Waals surface area contributed by atoms with Crippen LogP contribution in [-0.4, -0.2) is 15.6 Å². The Morgan fingerprint density at radius 2 is 2.29 bits per heavy atom. The molecule has 88 valence electrons. The van der Waals surface area contributed by atoms with Gasteiger partial charge in [0.1, 0.15) is 5.82 Å². The maximum atomic E-state index is 13.2. The topological polar surface area (TPSA) is 60.9 Å². The number of benzene rings is 1. The summed E-state index contributed by atoms with van der Waals surface area (Å²) in [6.07, 6.45) is 3.07. The number of aromatic nitrogens is 2. The molecule has 2 aromatic rings. The van der Waals surface area contributed by atoms with E-state index in [0.717, 1.165) is 0 Å². The zero-order valence-corrected chi connectivity index (χ0v) is 9.35. The molecular weight excluding hydrogens is 221 g/mol. The number of halogens is 1. The van der Waals surface area contributed by atoms with Crippen molar-refractivity contribution in [3.05, 3.63) is 47.5 Å². The van der Waals surface area contributed by atoms with Gasteiger partial charge in [-0.2, -0.15) is 5.10 Å². The SMILES string of the molecule is CCn1cc(C(=O)c2cccc(F)c2N)cn1. The molecule has 0 saturated heterocycles. The molecule has 0 aliphatic carbocycles. The van der Waals surface area contributed by atoms with Crippen molar-refractivity contribution in [2.24, 2.45) is 0 Å². The molecule has 0 amide bonds. The van der Waals surface area contributed by atoms with Gasteiger partial charge in [0.25, 0.3) is 0 Å². The van der Waals surface area contributed by atoms with Crippen molar-refractivity contribution in [3.8, 4) is 0 Å². The van der Waals surface area contributed by atoms with Gasteiger partial charge in [-0.15, -0.1) is 0 Å². The molecule has 2 rings (SSSR count). The Morgan fingerprint density at radius 1 is 1.53 bits per heavy atom. The van der Waals surface area contributed by atoms with Crippen molar-refractivity contribution in [1.29, 1.82) is 0 Å². The van der Waals surface area contributed by atoms with Crippen LogP contribution in [0.4, 0.5) is 10.1 Å². The first kappa shape index (κ1) is 11.3. The van der Waals surface area contributed by atoms with Gasteiger partial charge in [-0.1, -0.05) is 6.07 Å². The van der Waals surface area contributed by atoms with Gasteiger partial charge in [0.2, 0.25) is 0 Å². The van der Waals surface area contributed by atoms with E-state index in [4.69, 9.17) is 5.73 Å². The van der Waals surface area contributed by atoms with Gasteiger partial charge in [0.15, 0.2) is 5.78 Å². The van der Waals surface area contributed by atoms with Crippen LogP contribution < -0.4 is 5.73 Å². The van der Waals surface area contributed by atoms with Crippen LogP contribution in [0.5, 0.6) is 0 Å². The molecule has 0 atom stereocenters. The molecule has 0 spiro atoms. The minimum atomic E-state index is -0.585. The second-order valence-corrected chi connectivity index (χ2v) is 3.61. The summed E-state index contributed by atoms with van der Waals surface area (Å²) < 4.78 is 14.9. The summed E-state index contributed by atoms with van der Waals surface area (Å²) in [7, 11) is 0. The number of aryl methyl sites for hydroxylation is 1. The van der Waals surface area contributed by atoms with Gasteiger partial charge in [0, 0.05) is 18.3 Å². The highest BCUT2D eigenvalue weighted by Gasteiger charge is 2.15. The monoisotopic (exact) mass is 233 g/mol. The molecule has 0 aliphatic rings. The smallest absolute Gasteiger partial charge is 0.198 e. The highest BCUT2D eigenvalue weighted by Crippen LogP contribution is 2.19. The molecule has 0 fully saturated rings. The summed E-state index contributed by atoms with van der Waals surface area (Å²) in [4.78, 5) is 12.0. The van der Waals surface area contributed by atoms with Crippen LogP contribution in [0.25, 0.3) is 0 Å². The van der Waals surface area contributed by atoms with Gasteiger partial charge in [-0.25, -0.2) is 4.39 Å². The third-order valence-corrected chi connectivity index (χ3v) is 2.52. The first-order valence-electron chi connectivity index (χ1n) is 5.24. The lowest BCUT2D eigenvalue weighted by molar-refractivity contribution is 0.103. The van der Waals surface area contributed by atoms with E-state index in [2.05, 4.69) is 5.10 Å². The summed E-state index contributed by atoms with van der Waals surface area (Å²) in [5, 5.41) is 3.99. The molecule has 1 heterocycles. The van der Waals surface area contributed by atoms with E-state index >= 15 is 0 Å². The molecule has 2 N–H and O–H groups in total. The number of carbonyl (C=O) groups is 1. The predicted octanol–water partition coefficient (Wildman–Crippen LogP) is 1.86. The van der Waals surface area contributed by atoms with E-state index < -0.39 is 5.82 Å². The summed E-state index contributed by atoms with van der Waals surface area (Å²) >= 11 is 0. The minimum Gasteiger partial charge on any atom is -0.396 e. The lowest BCUT2D eigenvalue weighted by atomic mass is 10.0. The molecule has 4 nitrogen and oxygen atoms in total. The first-order chi connectivity index (χ1) is 8.13. The molecule has 0 radical (unpaired) electrons. The highest BCUT2D eigenvalue weighted by molar-refractivity contribution is 6.11. The lowest BCUT2D eigenvalue weighted by Gasteiger charge is -2.03. The van der Waals surface area contributed by atoms with Crippen LogP contribution in [-0.2, 0) is 6.54 Å². The van der Waals surface area contributed by atoms with Crippen molar-refractivity contribution in [3.63, 3.8) is 0 Å². The third kappa shape index (κ3) is 2.04. The molecule has 5 heteroatoms. The van der Waals surface area contributed by atoms with Gasteiger partial charge < -0.3 is 5.73 Å². The Labute approximate surface area is 97.9 Å². The highest BCUT2D eigenvalue weighted by atomic mass is 19.1. The van der Waals surface area contributed by atoms with Crippen LogP contribution in [0.2, 0.25) is 0 Å². The van der Waals surface area contributed by atoms with Gasteiger partial charge in [-0.05, 0) is 19.1 Å². The Hall–Kier alpha value is -2.17. The lowest BCUT2D eigenvalue weighted by Crippen LogP contribution is -2.06. The summed E-state index contributed by atoms with van der Waals surface area (Å²) in [6.45, 7) is 2.59. The average molecular weight is 233 g/mol. The second kappa shape index (κ2) is 4.37. The Kier molecular flexibility index (Phi) is 2.91. The summed E-state index contributed by atoms with van der Waals surface area (Å²) in [6, 6.07) is 4.19. The third-order valence-electron chi connectivity index (χ3n) is 2.52. The van der Waals surface area contributed by atoms with Crippen LogP contribution in [0, 0.1) is 5.82 Å². The zero-order chi connectivity index (χ0) is 12.4. The van der Waals surface area contributed by atoms with E-state index in [1.807, 2.05) is 6.92 Å². The van der Waals surface area contributed by atoms with Crippen LogP contribution in [0.3, 0.4) is 0 Å². The van der Waals surface area contributed by atoms with E-state index in [1.165, 1.54) is 24.4 Å². The number of hydrogen-bond donors (Lipinski definition) is 1. The van der Waals surface area contributed by atoms with Gasteiger partial charge in [0.05, 0.1) is 17.4 Å². The Balaban J connectivity index is 2.40. The Morgan fingerprint density at radius 3 is 2.94 bits per heavy atom. The van der Waals surface area contributed by atoms with Crippen LogP contribution in [0.15, 0.2) is 30.6 Å². The van der Waals surface area contributed by atoms with E-state index in [-0.39, 0.29) is 17.0 Å². The van der Waals surface area contributed by atoms with Crippen LogP contribution in [0.1, 0.15) is 22.8 Å². The fourth-order valence-corrected chi connectivity index (χ4v) is 1.54. The van der Waals surface area contributed by atoms with Gasteiger partial charge in [-0.3, -0.25) is 9.48 Å². The van der Waals surface area contributed by atoms with Gasteiger partial charge >= 0.3 is 0 Å². The number of anilines is 1. The summed E-state index contributed by atoms with van der Waals surface area (Å²) in [5.74, 6) is -0.902. The van der Waals surface area contributed by atoms with Crippen molar-refractivity contribution >= 4 is 11.5 Å². The standard InChI is InChI=1S/C12H12FN3O/c1-2-16-7-8(6-15-16)12(17)9-4-3-5-10(13)11(9)14/h3-7H,2,14H2,1H3. The van der Waals surface area contributed by atoms with Crippen molar-refractivity contribution in [2.45, 2.75) is 13.5 Å². The molecule has 17 heavy (non-hydrogen) atoms. The molecule has 0 bridgehead atoms. The Bertz CT molecular complexity index is 563.